The van der Waals surface area contributed by atoms with Crippen LogP contribution in [0.25, 0.3) is 10.9 Å². The Bertz CT molecular complexity index is 794. The highest BCUT2D eigenvalue weighted by Crippen LogP contribution is 2.22. The monoisotopic (exact) mass is 280 g/mol. The van der Waals surface area contributed by atoms with Crippen molar-refractivity contribution in [3.8, 4) is 6.07 Å². The van der Waals surface area contributed by atoms with Crippen LogP contribution < -0.4 is 5.32 Å². The van der Waals surface area contributed by atoms with Crippen LogP contribution in [0.5, 0.6) is 0 Å². The molecular weight excluding hydrogens is 268 g/mol. The number of fused-ring (bicyclic) bond motifs is 1. The van der Waals surface area contributed by atoms with Gasteiger partial charge in [-0.1, -0.05) is 18.2 Å². The highest BCUT2D eigenvalue weighted by molar-refractivity contribution is 6.06. The molecule has 1 atom stereocenters. The fourth-order valence-corrected chi connectivity index (χ4v) is 2.39. The molecular formula is C15H12N4O2. The summed E-state index contributed by atoms with van der Waals surface area (Å²) < 4.78 is 0. The number of benzene rings is 1. The molecule has 2 amide bonds. The van der Waals surface area contributed by atoms with Crippen molar-refractivity contribution in [2.75, 3.05) is 12.4 Å². The van der Waals surface area contributed by atoms with E-state index in [2.05, 4.69) is 16.4 Å². The number of carbonyl (C=O) groups excluding carboxylic acids is 2. The maximum atomic E-state index is 11.9. The van der Waals surface area contributed by atoms with E-state index in [9.17, 15) is 14.9 Å². The van der Waals surface area contributed by atoms with E-state index in [0.29, 0.717) is 16.9 Å². The lowest BCUT2D eigenvalue weighted by Crippen LogP contribution is -2.32. The van der Waals surface area contributed by atoms with Crippen LogP contribution in [-0.4, -0.2) is 34.8 Å². The summed E-state index contributed by atoms with van der Waals surface area (Å²) in [5.74, 6) is -0.0843. The molecule has 6 heteroatoms. The topological polar surface area (TPSA) is 86.1 Å². The molecule has 3 rings (SSSR count). The largest absolute Gasteiger partial charge is 0.358 e. The van der Waals surface area contributed by atoms with Crippen molar-refractivity contribution >= 4 is 28.5 Å². The molecule has 1 unspecified atom stereocenters. The molecule has 6 nitrogen and oxygen atoms in total. The van der Waals surface area contributed by atoms with Gasteiger partial charge in [0.2, 0.25) is 5.91 Å². The average Bonchev–Trinajstić information content (AvgIpc) is 2.73. The number of carbonyl (C=O) groups is 2. The molecule has 0 bridgehead atoms. The summed E-state index contributed by atoms with van der Waals surface area (Å²) in [6, 6.07) is 10.4. The number of likely N-dealkylation sites (tertiary alicyclic amines) is 1. The summed E-state index contributed by atoms with van der Waals surface area (Å²) in [7, 11) is 1.46. The molecule has 1 fully saturated rings. The van der Waals surface area contributed by atoms with Gasteiger partial charge in [0.05, 0.1) is 23.6 Å². The number of para-hydroxylation sites is 1. The highest BCUT2D eigenvalue weighted by atomic mass is 16.2. The summed E-state index contributed by atoms with van der Waals surface area (Å²) in [4.78, 5) is 28.9. The molecule has 1 aromatic carbocycles. The van der Waals surface area contributed by atoms with Crippen LogP contribution in [0.15, 0.2) is 30.3 Å². The standard InChI is InChI=1S/C15H12N4O2/c1-19-14(20)7-12(15(19)21)18-13-6-9(8-16)10-4-2-3-5-11(10)17-13/h2-6,12H,7H2,1H3,(H,17,18). The molecule has 2 aromatic rings. The number of nitrogens with zero attached hydrogens (tertiary/aromatic N) is 3. The van der Waals surface area contributed by atoms with Gasteiger partial charge in [-0.25, -0.2) is 4.98 Å². The van der Waals surface area contributed by atoms with Crippen LogP contribution in [0.2, 0.25) is 0 Å². The number of hydrogen-bond acceptors (Lipinski definition) is 5. The van der Waals surface area contributed by atoms with Crippen molar-refractivity contribution in [1.82, 2.24) is 9.88 Å². The van der Waals surface area contributed by atoms with Crippen LogP contribution >= 0.6 is 0 Å². The first-order valence-electron chi connectivity index (χ1n) is 6.47. The second kappa shape index (κ2) is 4.87. The second-order valence-electron chi connectivity index (χ2n) is 4.88. The third-order valence-electron chi connectivity index (χ3n) is 3.54. The van der Waals surface area contributed by atoms with E-state index in [1.54, 1.807) is 12.1 Å². The van der Waals surface area contributed by atoms with E-state index >= 15 is 0 Å². The summed E-state index contributed by atoms with van der Waals surface area (Å²) in [5, 5.41) is 12.9. The SMILES string of the molecule is CN1C(=O)CC(Nc2cc(C#N)c3ccccc3n2)C1=O. The third kappa shape index (κ3) is 2.19. The maximum absolute atomic E-state index is 11.9. The fraction of sp³-hybridized carbons (Fsp3) is 0.200. The van der Waals surface area contributed by atoms with Crippen LogP contribution in [-0.2, 0) is 9.59 Å². The molecule has 0 radical (unpaired) electrons. The molecule has 1 aliphatic rings. The second-order valence-corrected chi connectivity index (χ2v) is 4.88. The first-order chi connectivity index (χ1) is 10.1. The Morgan fingerprint density at radius 1 is 1.38 bits per heavy atom. The Labute approximate surface area is 121 Å². The maximum Gasteiger partial charge on any atom is 0.251 e. The van der Waals surface area contributed by atoms with Crippen molar-refractivity contribution in [1.29, 1.82) is 5.26 Å². The lowest BCUT2D eigenvalue weighted by atomic mass is 10.1. The van der Waals surface area contributed by atoms with E-state index in [1.807, 2.05) is 18.2 Å². The van der Waals surface area contributed by atoms with Gasteiger partial charge in [-0.2, -0.15) is 5.26 Å². The van der Waals surface area contributed by atoms with Crippen molar-refractivity contribution in [3.63, 3.8) is 0 Å². The molecule has 104 valence electrons. The zero-order valence-electron chi connectivity index (χ0n) is 11.3. The van der Waals surface area contributed by atoms with Gasteiger partial charge in [0, 0.05) is 12.4 Å². The predicted molar refractivity (Wildman–Crippen MR) is 76.3 cm³/mol. The Balaban J connectivity index is 1.97. The minimum atomic E-state index is -0.622. The number of likely N-dealkylation sites (N-methyl/N-ethyl adjacent to an activating group) is 1. The minimum absolute atomic E-state index is 0.103. The van der Waals surface area contributed by atoms with Crippen molar-refractivity contribution in [3.05, 3.63) is 35.9 Å². The van der Waals surface area contributed by atoms with Crippen LogP contribution in [0, 0.1) is 11.3 Å². The van der Waals surface area contributed by atoms with Crippen LogP contribution in [0.1, 0.15) is 12.0 Å². The molecule has 1 aromatic heterocycles. The Hall–Kier alpha value is -2.94. The van der Waals surface area contributed by atoms with E-state index in [4.69, 9.17) is 0 Å². The van der Waals surface area contributed by atoms with Gasteiger partial charge in [-0.3, -0.25) is 14.5 Å². The smallest absolute Gasteiger partial charge is 0.251 e. The van der Waals surface area contributed by atoms with E-state index in [1.165, 1.54) is 7.05 Å². The van der Waals surface area contributed by atoms with E-state index in [-0.39, 0.29) is 18.2 Å². The molecule has 0 saturated carbocycles. The number of anilines is 1. The number of rotatable bonds is 2. The normalized spacial score (nSPS) is 18.1. The molecule has 21 heavy (non-hydrogen) atoms. The van der Waals surface area contributed by atoms with E-state index < -0.39 is 6.04 Å². The number of nitriles is 1. The van der Waals surface area contributed by atoms with Gasteiger partial charge in [0.25, 0.3) is 5.91 Å². The van der Waals surface area contributed by atoms with Crippen molar-refractivity contribution in [2.24, 2.45) is 0 Å². The third-order valence-corrected chi connectivity index (χ3v) is 3.54. The first-order valence-corrected chi connectivity index (χ1v) is 6.47. The molecule has 0 spiro atoms. The van der Waals surface area contributed by atoms with E-state index in [0.717, 1.165) is 10.3 Å². The minimum Gasteiger partial charge on any atom is -0.358 e. The molecule has 1 N–H and O–H groups in total. The lowest BCUT2D eigenvalue weighted by Gasteiger charge is -2.12. The summed E-state index contributed by atoms with van der Waals surface area (Å²) in [6.45, 7) is 0. The fourth-order valence-electron chi connectivity index (χ4n) is 2.39. The summed E-state index contributed by atoms with van der Waals surface area (Å²) in [6.07, 6.45) is 0.103. The van der Waals surface area contributed by atoms with Gasteiger partial charge in [-0.05, 0) is 12.1 Å². The van der Waals surface area contributed by atoms with Gasteiger partial charge in [0.1, 0.15) is 11.9 Å². The number of hydrogen-bond donors (Lipinski definition) is 1. The number of pyridine rings is 1. The molecule has 2 heterocycles. The zero-order valence-corrected chi connectivity index (χ0v) is 11.3. The molecule has 1 saturated heterocycles. The number of aromatic nitrogens is 1. The summed E-state index contributed by atoms with van der Waals surface area (Å²) >= 11 is 0. The predicted octanol–water partition coefficient (Wildman–Crippen LogP) is 1.28. The van der Waals surface area contributed by atoms with Gasteiger partial charge < -0.3 is 5.32 Å². The number of imide groups is 1. The Kier molecular flexibility index (Phi) is 3.03. The lowest BCUT2D eigenvalue weighted by molar-refractivity contribution is -0.136. The van der Waals surface area contributed by atoms with Gasteiger partial charge in [-0.15, -0.1) is 0 Å². The molecule has 0 aliphatic carbocycles. The number of amides is 2. The van der Waals surface area contributed by atoms with Crippen LogP contribution in [0.3, 0.4) is 0 Å². The summed E-state index contributed by atoms with van der Waals surface area (Å²) in [5.41, 5.74) is 1.15. The molecule has 1 aliphatic heterocycles. The highest BCUT2D eigenvalue weighted by Gasteiger charge is 2.36. The Morgan fingerprint density at radius 3 is 2.81 bits per heavy atom. The number of nitrogens with one attached hydrogen (secondary N) is 1. The zero-order chi connectivity index (χ0) is 15.0. The average molecular weight is 280 g/mol. The van der Waals surface area contributed by atoms with Gasteiger partial charge in [0.15, 0.2) is 0 Å². The van der Waals surface area contributed by atoms with Crippen LogP contribution in [0.4, 0.5) is 5.82 Å². The Morgan fingerprint density at radius 2 is 2.14 bits per heavy atom. The van der Waals surface area contributed by atoms with Crippen molar-refractivity contribution in [2.45, 2.75) is 12.5 Å². The van der Waals surface area contributed by atoms with Crippen molar-refractivity contribution < 1.29 is 9.59 Å². The van der Waals surface area contributed by atoms with Gasteiger partial charge >= 0.3 is 0 Å². The quantitative estimate of drug-likeness (QED) is 0.837. The first kappa shape index (κ1) is 13.1.